The number of hydrogen-bond acceptors (Lipinski definition) is 5. The van der Waals surface area contributed by atoms with Crippen LogP contribution in [0.25, 0.3) is 6.08 Å². The minimum absolute atomic E-state index is 0.133. The van der Waals surface area contributed by atoms with Crippen LogP contribution in [-0.2, 0) is 9.53 Å². The van der Waals surface area contributed by atoms with E-state index in [0.29, 0.717) is 33.1 Å². The van der Waals surface area contributed by atoms with E-state index in [2.05, 4.69) is 24.5 Å². The smallest absolute Gasteiger partial charge is 0.338 e. The second-order valence-corrected chi connectivity index (χ2v) is 10.7. The molecule has 0 N–H and O–H groups in total. The van der Waals surface area contributed by atoms with Gasteiger partial charge in [0.25, 0.3) is 5.56 Å². The van der Waals surface area contributed by atoms with Gasteiger partial charge in [-0.05, 0) is 56.4 Å². The molecule has 0 bridgehead atoms. The van der Waals surface area contributed by atoms with Crippen LogP contribution in [0.2, 0.25) is 0 Å². The van der Waals surface area contributed by atoms with Gasteiger partial charge in [0.05, 0.1) is 29.0 Å². The van der Waals surface area contributed by atoms with Gasteiger partial charge in [0, 0.05) is 17.4 Å². The van der Waals surface area contributed by atoms with Gasteiger partial charge in [0.2, 0.25) is 0 Å². The molecule has 1 atom stereocenters. The Bertz CT molecular complexity index is 1500. The van der Waals surface area contributed by atoms with Crippen LogP contribution in [0.15, 0.2) is 57.5 Å². The van der Waals surface area contributed by atoms with Crippen molar-refractivity contribution in [3.63, 3.8) is 0 Å². The SMILES string of the molecule is CCC1=C(C(=O)OC)[C@@H](c2ccccc2)n2c(s/c(=C\c3cc(C)n(C4CCCCC4)c3C)c2=O)=N1. The van der Waals surface area contributed by atoms with E-state index in [4.69, 9.17) is 9.73 Å². The first-order valence-electron chi connectivity index (χ1n) is 12.8. The van der Waals surface area contributed by atoms with Gasteiger partial charge >= 0.3 is 5.97 Å². The average Bonchev–Trinajstić information content (AvgIpc) is 3.37. The summed E-state index contributed by atoms with van der Waals surface area (Å²) in [4.78, 5) is 32.2. The van der Waals surface area contributed by atoms with Crippen molar-refractivity contribution in [2.45, 2.75) is 71.4 Å². The van der Waals surface area contributed by atoms with Crippen LogP contribution in [-0.4, -0.2) is 22.2 Å². The lowest BCUT2D eigenvalue weighted by molar-refractivity contribution is -0.136. The summed E-state index contributed by atoms with van der Waals surface area (Å²) in [5, 5.41) is 0. The molecule has 6 nitrogen and oxygen atoms in total. The first kappa shape index (κ1) is 24.5. The number of methoxy groups -OCH3 is 1. The number of nitrogens with zero attached hydrogens (tertiary/aromatic N) is 3. The zero-order valence-corrected chi connectivity index (χ0v) is 22.2. The van der Waals surface area contributed by atoms with Crippen molar-refractivity contribution >= 4 is 23.4 Å². The van der Waals surface area contributed by atoms with Crippen molar-refractivity contribution in [3.05, 3.63) is 89.9 Å². The summed E-state index contributed by atoms with van der Waals surface area (Å²) in [6.45, 7) is 6.28. The number of carbonyl (C=O) groups excluding carboxylic acids is 1. The molecule has 3 heterocycles. The minimum atomic E-state index is -0.568. The topological polar surface area (TPSA) is 65.6 Å². The highest BCUT2D eigenvalue weighted by atomic mass is 32.1. The number of rotatable bonds is 5. The molecule has 188 valence electrons. The maximum absolute atomic E-state index is 13.9. The quantitative estimate of drug-likeness (QED) is 0.473. The molecule has 0 amide bonds. The maximum Gasteiger partial charge on any atom is 0.338 e. The summed E-state index contributed by atoms with van der Waals surface area (Å²) in [6.07, 6.45) is 8.87. The van der Waals surface area contributed by atoms with E-state index < -0.39 is 12.0 Å². The molecule has 2 aliphatic rings. The van der Waals surface area contributed by atoms with Crippen LogP contribution in [0.4, 0.5) is 0 Å². The summed E-state index contributed by atoms with van der Waals surface area (Å²) in [7, 11) is 1.37. The summed E-state index contributed by atoms with van der Waals surface area (Å²) in [5.41, 5.74) is 5.34. The highest BCUT2D eigenvalue weighted by Gasteiger charge is 2.33. The fourth-order valence-corrected chi connectivity index (χ4v) is 6.82. The molecule has 0 radical (unpaired) electrons. The number of aryl methyl sites for hydroxylation is 1. The molecule has 0 saturated heterocycles. The number of carbonyl (C=O) groups is 1. The molecule has 1 aliphatic heterocycles. The summed E-state index contributed by atoms with van der Waals surface area (Å²) >= 11 is 1.39. The Morgan fingerprint density at radius 2 is 1.86 bits per heavy atom. The molecule has 0 spiro atoms. The molecule has 3 aromatic rings. The lowest BCUT2D eigenvalue weighted by Crippen LogP contribution is -2.40. The highest BCUT2D eigenvalue weighted by molar-refractivity contribution is 7.07. The van der Waals surface area contributed by atoms with Crippen LogP contribution in [0.5, 0.6) is 0 Å². The number of allylic oxidation sites excluding steroid dienone is 1. The standard InChI is InChI=1S/C29H33N3O3S/c1-5-23-25(28(34)35-4)26(20-12-8-6-9-13-20)32-27(33)24(36-29(32)30-23)17-21-16-18(2)31(19(21)3)22-14-10-7-11-15-22/h6,8-9,12-13,16-17,22,26H,5,7,10-11,14-15H2,1-4H3/b24-17-/t26-/m1/s1. The van der Waals surface area contributed by atoms with E-state index in [1.54, 1.807) is 4.57 Å². The first-order chi connectivity index (χ1) is 17.4. The monoisotopic (exact) mass is 503 g/mol. The van der Waals surface area contributed by atoms with Crippen LogP contribution in [0, 0.1) is 13.8 Å². The Labute approximate surface area is 215 Å². The fourth-order valence-electron chi connectivity index (χ4n) is 5.81. The Kier molecular flexibility index (Phi) is 6.84. The van der Waals surface area contributed by atoms with E-state index in [0.717, 1.165) is 11.1 Å². The van der Waals surface area contributed by atoms with Crippen molar-refractivity contribution in [1.29, 1.82) is 0 Å². The predicted octanol–water partition coefficient (Wildman–Crippen LogP) is 4.72. The molecular formula is C29H33N3O3S. The Balaban J connectivity index is 1.68. The predicted molar refractivity (Wildman–Crippen MR) is 143 cm³/mol. The number of fused-ring (bicyclic) bond motifs is 1. The highest BCUT2D eigenvalue weighted by Crippen LogP contribution is 2.33. The van der Waals surface area contributed by atoms with Crippen molar-refractivity contribution < 1.29 is 9.53 Å². The molecule has 0 unspecified atom stereocenters. The van der Waals surface area contributed by atoms with Gasteiger partial charge < -0.3 is 9.30 Å². The third-order valence-electron chi connectivity index (χ3n) is 7.52. The maximum atomic E-state index is 13.9. The number of aromatic nitrogens is 2. The molecule has 1 saturated carbocycles. The zero-order valence-electron chi connectivity index (χ0n) is 21.4. The normalized spacial score (nSPS) is 18.8. The number of benzene rings is 1. The van der Waals surface area contributed by atoms with E-state index in [1.807, 2.05) is 43.3 Å². The van der Waals surface area contributed by atoms with Crippen LogP contribution in [0.3, 0.4) is 0 Å². The summed E-state index contributed by atoms with van der Waals surface area (Å²) < 4.78 is 9.89. The number of esters is 1. The zero-order chi connectivity index (χ0) is 25.4. The fraction of sp³-hybridized carbons (Fsp3) is 0.414. The van der Waals surface area contributed by atoms with Gasteiger partial charge in [-0.1, -0.05) is 67.9 Å². The lowest BCUT2D eigenvalue weighted by atomic mass is 9.95. The van der Waals surface area contributed by atoms with Crippen LogP contribution in [0.1, 0.15) is 80.0 Å². The molecule has 1 aromatic carbocycles. The van der Waals surface area contributed by atoms with E-state index in [-0.39, 0.29) is 5.56 Å². The lowest BCUT2D eigenvalue weighted by Gasteiger charge is -2.26. The second-order valence-electron chi connectivity index (χ2n) is 9.69. The Morgan fingerprint density at radius 1 is 1.14 bits per heavy atom. The van der Waals surface area contributed by atoms with E-state index in [9.17, 15) is 9.59 Å². The van der Waals surface area contributed by atoms with Gasteiger partial charge in [-0.2, -0.15) is 0 Å². The molecule has 7 heteroatoms. The number of thiazole rings is 1. The van der Waals surface area contributed by atoms with Gasteiger partial charge in [0.1, 0.15) is 0 Å². The van der Waals surface area contributed by atoms with Gasteiger partial charge in [-0.15, -0.1) is 0 Å². The molecule has 1 fully saturated rings. The second kappa shape index (κ2) is 10.1. The molecular weight excluding hydrogens is 470 g/mol. The van der Waals surface area contributed by atoms with Crippen LogP contribution >= 0.6 is 11.3 Å². The van der Waals surface area contributed by atoms with Gasteiger partial charge in [-0.3, -0.25) is 9.36 Å². The average molecular weight is 504 g/mol. The third kappa shape index (κ3) is 4.19. The molecule has 1 aliphatic carbocycles. The van der Waals surface area contributed by atoms with Crippen molar-refractivity contribution in [2.75, 3.05) is 7.11 Å². The number of ether oxygens (including phenoxy) is 1. The first-order valence-corrected chi connectivity index (χ1v) is 13.6. The van der Waals surface area contributed by atoms with Gasteiger partial charge in [-0.25, -0.2) is 9.79 Å². The molecule has 5 rings (SSSR count). The largest absolute Gasteiger partial charge is 0.466 e. The Morgan fingerprint density at radius 3 is 2.53 bits per heavy atom. The van der Waals surface area contributed by atoms with E-state index >= 15 is 0 Å². The molecule has 2 aromatic heterocycles. The summed E-state index contributed by atoms with van der Waals surface area (Å²) in [6, 6.07) is 11.8. The van der Waals surface area contributed by atoms with Crippen LogP contribution < -0.4 is 14.9 Å². The molecule has 36 heavy (non-hydrogen) atoms. The van der Waals surface area contributed by atoms with E-state index in [1.165, 1.54) is 61.9 Å². The Hall–Kier alpha value is -3.19. The number of hydrogen-bond donors (Lipinski definition) is 0. The third-order valence-corrected chi connectivity index (χ3v) is 8.50. The summed E-state index contributed by atoms with van der Waals surface area (Å²) in [5.74, 6) is -0.449. The van der Waals surface area contributed by atoms with Crippen molar-refractivity contribution in [2.24, 2.45) is 4.99 Å². The van der Waals surface area contributed by atoms with Crippen molar-refractivity contribution in [3.8, 4) is 0 Å². The van der Waals surface area contributed by atoms with Gasteiger partial charge in [0.15, 0.2) is 4.80 Å². The minimum Gasteiger partial charge on any atom is -0.466 e. The van der Waals surface area contributed by atoms with Crippen molar-refractivity contribution in [1.82, 2.24) is 9.13 Å².